The highest BCUT2D eigenvalue weighted by Crippen LogP contribution is 2.28. The van der Waals surface area contributed by atoms with E-state index in [-0.39, 0.29) is 5.95 Å². The Morgan fingerprint density at radius 3 is 2.82 bits per heavy atom. The molecule has 0 radical (unpaired) electrons. The Morgan fingerprint density at radius 1 is 1.29 bits per heavy atom. The van der Waals surface area contributed by atoms with Crippen LogP contribution < -0.4 is 15.2 Å². The molecule has 1 amide bonds. The van der Waals surface area contributed by atoms with E-state index in [0.29, 0.717) is 5.76 Å². The number of primary amides is 1. The van der Waals surface area contributed by atoms with E-state index in [4.69, 9.17) is 14.9 Å². The van der Waals surface area contributed by atoms with Crippen LogP contribution in [0.1, 0.15) is 0 Å². The number of carbonyl (C=O) groups excluding carboxylic acids is 1. The molecule has 2 rings (SSSR count). The topological polar surface area (TPSA) is 74.7 Å². The summed E-state index contributed by atoms with van der Waals surface area (Å²) in [5.74, 6) is 1.35. The fraction of sp³-hybridized carbons (Fsp3) is 0.0833. The standard InChI is InChI=1S/C12H11NO4/c1-15-9-4-2-3-8(7-9)10-5-6-11(16-10)17-12(13)14/h2-7H,1H3,(H2,13,14). The third kappa shape index (κ3) is 2.57. The van der Waals surface area contributed by atoms with Gasteiger partial charge in [0.1, 0.15) is 11.5 Å². The summed E-state index contributed by atoms with van der Waals surface area (Å²) in [5, 5.41) is 0. The molecule has 0 aliphatic carbocycles. The number of benzene rings is 1. The van der Waals surface area contributed by atoms with Crippen LogP contribution >= 0.6 is 0 Å². The van der Waals surface area contributed by atoms with Gasteiger partial charge in [0.15, 0.2) is 0 Å². The van der Waals surface area contributed by atoms with Gasteiger partial charge in [0.05, 0.1) is 7.11 Å². The highest BCUT2D eigenvalue weighted by molar-refractivity contribution is 5.68. The normalized spacial score (nSPS) is 9.94. The zero-order valence-electron chi connectivity index (χ0n) is 9.17. The van der Waals surface area contributed by atoms with Crippen LogP contribution in [0.4, 0.5) is 4.79 Å². The van der Waals surface area contributed by atoms with Crippen molar-refractivity contribution < 1.29 is 18.7 Å². The highest BCUT2D eigenvalue weighted by Gasteiger charge is 2.08. The molecule has 0 aliphatic heterocycles. The minimum atomic E-state index is -0.906. The molecule has 0 atom stereocenters. The Balaban J connectivity index is 2.26. The zero-order chi connectivity index (χ0) is 12.3. The van der Waals surface area contributed by atoms with Crippen molar-refractivity contribution in [1.29, 1.82) is 0 Å². The average Bonchev–Trinajstić information content (AvgIpc) is 2.77. The van der Waals surface area contributed by atoms with Crippen molar-refractivity contribution in [3.05, 3.63) is 36.4 Å². The molecule has 0 saturated heterocycles. The molecule has 0 saturated carbocycles. The van der Waals surface area contributed by atoms with E-state index in [2.05, 4.69) is 4.74 Å². The van der Waals surface area contributed by atoms with Gasteiger partial charge in [0.2, 0.25) is 0 Å². The predicted octanol–water partition coefficient (Wildman–Crippen LogP) is 2.41. The van der Waals surface area contributed by atoms with Crippen LogP contribution in [0, 0.1) is 0 Å². The highest BCUT2D eigenvalue weighted by atomic mass is 16.6. The van der Waals surface area contributed by atoms with Gasteiger partial charge in [0, 0.05) is 11.6 Å². The Morgan fingerprint density at radius 2 is 2.12 bits per heavy atom. The van der Waals surface area contributed by atoms with Gasteiger partial charge in [-0.1, -0.05) is 12.1 Å². The Labute approximate surface area is 97.7 Å². The second-order valence-corrected chi connectivity index (χ2v) is 3.27. The maximum atomic E-state index is 10.5. The minimum absolute atomic E-state index is 0.0651. The number of nitrogens with two attached hydrogens (primary N) is 1. The molecule has 1 aromatic heterocycles. The number of amides is 1. The molecule has 2 aromatic rings. The van der Waals surface area contributed by atoms with E-state index in [9.17, 15) is 4.79 Å². The van der Waals surface area contributed by atoms with Crippen molar-refractivity contribution in [3.63, 3.8) is 0 Å². The Bertz CT molecular complexity index is 533. The SMILES string of the molecule is COc1cccc(-c2ccc(OC(N)=O)o2)c1. The van der Waals surface area contributed by atoms with Gasteiger partial charge in [0.25, 0.3) is 5.95 Å². The molecular weight excluding hydrogens is 222 g/mol. The van der Waals surface area contributed by atoms with Gasteiger partial charge in [-0.3, -0.25) is 0 Å². The number of furan rings is 1. The third-order valence-electron chi connectivity index (χ3n) is 2.14. The lowest BCUT2D eigenvalue weighted by Crippen LogP contribution is -2.15. The number of carbonyl (C=O) groups is 1. The van der Waals surface area contributed by atoms with E-state index in [1.807, 2.05) is 24.3 Å². The van der Waals surface area contributed by atoms with Crippen LogP contribution in [0.15, 0.2) is 40.8 Å². The monoisotopic (exact) mass is 233 g/mol. The van der Waals surface area contributed by atoms with Gasteiger partial charge in [-0.05, 0) is 18.2 Å². The summed E-state index contributed by atoms with van der Waals surface area (Å²) in [7, 11) is 1.59. The van der Waals surface area contributed by atoms with Crippen molar-refractivity contribution in [1.82, 2.24) is 0 Å². The van der Waals surface area contributed by atoms with Crippen molar-refractivity contribution >= 4 is 6.09 Å². The van der Waals surface area contributed by atoms with Gasteiger partial charge >= 0.3 is 6.09 Å². The average molecular weight is 233 g/mol. The van der Waals surface area contributed by atoms with Gasteiger partial charge in [-0.25, -0.2) is 4.79 Å². The predicted molar refractivity (Wildman–Crippen MR) is 60.9 cm³/mol. The Kier molecular flexibility index (Phi) is 3.00. The van der Waals surface area contributed by atoms with Gasteiger partial charge in [-0.2, -0.15) is 0 Å². The lowest BCUT2D eigenvalue weighted by atomic mass is 10.2. The van der Waals surface area contributed by atoms with E-state index in [1.54, 1.807) is 13.2 Å². The largest absolute Gasteiger partial charge is 0.497 e. The molecule has 17 heavy (non-hydrogen) atoms. The molecule has 88 valence electrons. The summed E-state index contributed by atoms with van der Waals surface area (Å²) < 4.78 is 15.0. The van der Waals surface area contributed by atoms with Crippen LogP contribution in [-0.4, -0.2) is 13.2 Å². The maximum Gasteiger partial charge on any atom is 0.412 e. The van der Waals surface area contributed by atoms with Crippen molar-refractivity contribution in [3.8, 4) is 23.0 Å². The van der Waals surface area contributed by atoms with Crippen LogP contribution in [0.2, 0.25) is 0 Å². The number of rotatable bonds is 3. The minimum Gasteiger partial charge on any atom is -0.497 e. The molecule has 0 bridgehead atoms. The molecule has 5 nitrogen and oxygen atoms in total. The lowest BCUT2D eigenvalue weighted by molar-refractivity contribution is 0.198. The number of ether oxygens (including phenoxy) is 2. The summed E-state index contributed by atoms with van der Waals surface area (Å²) >= 11 is 0. The first-order valence-electron chi connectivity index (χ1n) is 4.90. The maximum absolute atomic E-state index is 10.5. The Hall–Kier alpha value is -2.43. The number of hydrogen-bond donors (Lipinski definition) is 1. The molecule has 0 unspecified atom stereocenters. The second-order valence-electron chi connectivity index (χ2n) is 3.27. The van der Waals surface area contributed by atoms with Crippen molar-refractivity contribution in [2.45, 2.75) is 0 Å². The summed E-state index contributed by atoms with van der Waals surface area (Å²) in [6.07, 6.45) is -0.906. The number of hydrogen-bond acceptors (Lipinski definition) is 4. The fourth-order valence-electron chi connectivity index (χ4n) is 1.41. The lowest BCUT2D eigenvalue weighted by Gasteiger charge is -2.01. The molecule has 0 spiro atoms. The van der Waals surface area contributed by atoms with E-state index in [1.165, 1.54) is 6.07 Å². The molecule has 2 N–H and O–H groups in total. The van der Waals surface area contributed by atoms with Crippen LogP contribution in [0.25, 0.3) is 11.3 Å². The first-order chi connectivity index (χ1) is 8.19. The summed E-state index contributed by atoms with van der Waals surface area (Å²) in [6.45, 7) is 0. The molecule has 1 heterocycles. The quantitative estimate of drug-likeness (QED) is 0.883. The van der Waals surface area contributed by atoms with E-state index >= 15 is 0 Å². The summed E-state index contributed by atoms with van der Waals surface area (Å²) in [4.78, 5) is 10.5. The van der Waals surface area contributed by atoms with E-state index < -0.39 is 6.09 Å². The van der Waals surface area contributed by atoms with Crippen LogP contribution in [0.3, 0.4) is 0 Å². The van der Waals surface area contributed by atoms with Crippen LogP contribution in [-0.2, 0) is 0 Å². The number of methoxy groups -OCH3 is 1. The van der Waals surface area contributed by atoms with Crippen molar-refractivity contribution in [2.75, 3.05) is 7.11 Å². The summed E-state index contributed by atoms with van der Waals surface area (Å²) in [5.41, 5.74) is 5.70. The molecular formula is C12H11NO4. The first kappa shape index (κ1) is 11.1. The van der Waals surface area contributed by atoms with Gasteiger partial charge in [-0.15, -0.1) is 0 Å². The van der Waals surface area contributed by atoms with Gasteiger partial charge < -0.3 is 19.6 Å². The van der Waals surface area contributed by atoms with Crippen molar-refractivity contribution in [2.24, 2.45) is 5.73 Å². The fourth-order valence-corrected chi connectivity index (χ4v) is 1.41. The molecule has 0 aliphatic rings. The molecule has 0 fully saturated rings. The molecule has 5 heteroatoms. The zero-order valence-corrected chi connectivity index (χ0v) is 9.17. The smallest absolute Gasteiger partial charge is 0.412 e. The van der Waals surface area contributed by atoms with Crippen LogP contribution in [0.5, 0.6) is 11.7 Å². The third-order valence-corrected chi connectivity index (χ3v) is 2.14. The molecule has 1 aromatic carbocycles. The summed E-state index contributed by atoms with van der Waals surface area (Å²) in [6, 6.07) is 10.5. The first-order valence-corrected chi connectivity index (χ1v) is 4.90. The second kappa shape index (κ2) is 4.61. The van der Waals surface area contributed by atoms with E-state index in [0.717, 1.165) is 11.3 Å².